The van der Waals surface area contributed by atoms with Gasteiger partial charge in [0, 0.05) is 37.7 Å². The molecule has 5 nitrogen and oxygen atoms in total. The third-order valence-electron chi connectivity index (χ3n) is 2.76. The van der Waals surface area contributed by atoms with E-state index in [9.17, 15) is 0 Å². The number of rotatable bonds is 6. The maximum absolute atomic E-state index is 5.09. The van der Waals surface area contributed by atoms with Gasteiger partial charge in [-0.2, -0.15) is 0 Å². The number of hydrogen-bond donors (Lipinski definition) is 1. The maximum Gasteiger partial charge on any atom is 0.213 e. The summed E-state index contributed by atoms with van der Waals surface area (Å²) in [6.45, 7) is 4.58. The van der Waals surface area contributed by atoms with E-state index in [0.29, 0.717) is 5.88 Å². The molecule has 18 heavy (non-hydrogen) atoms. The molecule has 0 aliphatic rings. The molecule has 0 bridgehead atoms. The van der Waals surface area contributed by atoms with Crippen LogP contribution in [0.2, 0.25) is 0 Å². The first-order valence-corrected chi connectivity index (χ1v) is 6.03. The number of aryl methyl sites for hydroxylation is 1. The number of pyridine rings is 1. The topological polar surface area (TPSA) is 52.0 Å². The fourth-order valence-corrected chi connectivity index (χ4v) is 1.79. The van der Waals surface area contributed by atoms with Crippen molar-refractivity contribution in [2.24, 2.45) is 0 Å². The van der Waals surface area contributed by atoms with Crippen molar-refractivity contribution in [3.63, 3.8) is 0 Å². The lowest BCUT2D eigenvalue weighted by Crippen LogP contribution is -2.16. The van der Waals surface area contributed by atoms with Crippen LogP contribution in [0, 0.1) is 0 Å². The summed E-state index contributed by atoms with van der Waals surface area (Å²) in [5.74, 6) is 1.70. The lowest BCUT2D eigenvalue weighted by Gasteiger charge is -2.07. The van der Waals surface area contributed by atoms with E-state index in [1.807, 2.05) is 24.5 Å². The Hall–Kier alpha value is -1.88. The van der Waals surface area contributed by atoms with Gasteiger partial charge in [-0.15, -0.1) is 0 Å². The van der Waals surface area contributed by atoms with Crippen LogP contribution in [0.1, 0.15) is 18.3 Å². The predicted molar refractivity (Wildman–Crippen MR) is 69.2 cm³/mol. The zero-order valence-electron chi connectivity index (χ0n) is 10.8. The van der Waals surface area contributed by atoms with Gasteiger partial charge in [0.05, 0.1) is 13.7 Å². The standard InChI is InChI=1S/C13H18N4O/c1-3-17-7-6-15-12(17)10-14-9-11-4-5-16-13(8-11)18-2/h4-8,14H,3,9-10H2,1-2H3. The van der Waals surface area contributed by atoms with E-state index in [1.165, 1.54) is 0 Å². The summed E-state index contributed by atoms with van der Waals surface area (Å²) in [6, 6.07) is 3.90. The fourth-order valence-electron chi connectivity index (χ4n) is 1.79. The molecule has 0 saturated carbocycles. The first kappa shape index (κ1) is 12.6. The van der Waals surface area contributed by atoms with E-state index in [1.54, 1.807) is 13.3 Å². The average molecular weight is 246 g/mol. The molecule has 0 unspecified atom stereocenters. The number of imidazole rings is 1. The molecule has 0 aliphatic carbocycles. The average Bonchev–Trinajstić information content (AvgIpc) is 2.86. The lowest BCUT2D eigenvalue weighted by atomic mass is 10.2. The monoisotopic (exact) mass is 246 g/mol. The lowest BCUT2D eigenvalue weighted by molar-refractivity contribution is 0.397. The molecule has 0 saturated heterocycles. The van der Waals surface area contributed by atoms with Crippen molar-refractivity contribution in [3.05, 3.63) is 42.1 Å². The van der Waals surface area contributed by atoms with Crippen LogP contribution in [0.15, 0.2) is 30.7 Å². The van der Waals surface area contributed by atoms with Gasteiger partial charge in [-0.05, 0) is 18.6 Å². The molecule has 0 amide bonds. The van der Waals surface area contributed by atoms with Crippen molar-refractivity contribution in [1.82, 2.24) is 19.9 Å². The first-order chi connectivity index (χ1) is 8.83. The van der Waals surface area contributed by atoms with Gasteiger partial charge in [-0.25, -0.2) is 9.97 Å². The quantitative estimate of drug-likeness (QED) is 0.841. The predicted octanol–water partition coefficient (Wildman–Crippen LogP) is 1.60. The summed E-state index contributed by atoms with van der Waals surface area (Å²) in [5.41, 5.74) is 1.15. The normalized spacial score (nSPS) is 10.6. The Kier molecular flexibility index (Phi) is 4.30. The van der Waals surface area contributed by atoms with Crippen LogP contribution in [0.25, 0.3) is 0 Å². The van der Waals surface area contributed by atoms with Crippen LogP contribution in [0.3, 0.4) is 0 Å². The second-order valence-electron chi connectivity index (χ2n) is 3.94. The smallest absolute Gasteiger partial charge is 0.213 e. The van der Waals surface area contributed by atoms with Crippen molar-refractivity contribution >= 4 is 0 Å². The summed E-state index contributed by atoms with van der Waals surface area (Å²) < 4.78 is 7.21. The van der Waals surface area contributed by atoms with Gasteiger partial charge in [-0.3, -0.25) is 0 Å². The van der Waals surface area contributed by atoms with Crippen LogP contribution in [0.5, 0.6) is 5.88 Å². The van der Waals surface area contributed by atoms with Crippen molar-refractivity contribution in [1.29, 1.82) is 0 Å². The Morgan fingerprint density at radius 2 is 2.17 bits per heavy atom. The minimum atomic E-state index is 0.643. The Morgan fingerprint density at radius 3 is 2.94 bits per heavy atom. The zero-order chi connectivity index (χ0) is 12.8. The Labute approximate surface area is 107 Å². The largest absolute Gasteiger partial charge is 0.481 e. The number of hydrogen-bond acceptors (Lipinski definition) is 4. The van der Waals surface area contributed by atoms with E-state index < -0.39 is 0 Å². The van der Waals surface area contributed by atoms with Crippen LogP contribution in [-0.4, -0.2) is 21.6 Å². The molecular weight excluding hydrogens is 228 g/mol. The van der Waals surface area contributed by atoms with Gasteiger partial charge >= 0.3 is 0 Å². The molecular formula is C13H18N4O. The van der Waals surface area contributed by atoms with E-state index in [-0.39, 0.29) is 0 Å². The highest BCUT2D eigenvalue weighted by Gasteiger charge is 2.01. The summed E-state index contributed by atoms with van der Waals surface area (Å²) in [6.07, 6.45) is 5.57. The van der Waals surface area contributed by atoms with Gasteiger partial charge in [0.1, 0.15) is 5.82 Å². The van der Waals surface area contributed by atoms with Gasteiger partial charge in [0.2, 0.25) is 5.88 Å². The van der Waals surface area contributed by atoms with Crippen LogP contribution in [0.4, 0.5) is 0 Å². The van der Waals surface area contributed by atoms with Gasteiger partial charge in [0.15, 0.2) is 0 Å². The highest BCUT2D eigenvalue weighted by Crippen LogP contribution is 2.08. The third-order valence-corrected chi connectivity index (χ3v) is 2.76. The molecule has 1 N–H and O–H groups in total. The molecule has 0 fully saturated rings. The minimum absolute atomic E-state index is 0.643. The van der Waals surface area contributed by atoms with E-state index in [2.05, 4.69) is 26.8 Å². The summed E-state index contributed by atoms with van der Waals surface area (Å²) in [7, 11) is 1.62. The minimum Gasteiger partial charge on any atom is -0.481 e. The highest BCUT2D eigenvalue weighted by atomic mass is 16.5. The summed E-state index contributed by atoms with van der Waals surface area (Å²) >= 11 is 0. The number of nitrogens with one attached hydrogen (secondary N) is 1. The van der Waals surface area contributed by atoms with Crippen molar-refractivity contribution < 1.29 is 4.74 Å². The molecule has 0 spiro atoms. The molecule has 0 aliphatic heterocycles. The summed E-state index contributed by atoms with van der Waals surface area (Å²) in [5, 5.41) is 3.36. The Balaban J connectivity index is 1.88. The van der Waals surface area contributed by atoms with Gasteiger partial charge in [-0.1, -0.05) is 0 Å². The summed E-state index contributed by atoms with van der Waals surface area (Å²) in [4.78, 5) is 8.39. The van der Waals surface area contributed by atoms with Crippen LogP contribution >= 0.6 is 0 Å². The van der Waals surface area contributed by atoms with Gasteiger partial charge in [0.25, 0.3) is 0 Å². The molecule has 2 aromatic rings. The molecule has 0 atom stereocenters. The second kappa shape index (κ2) is 6.16. The molecule has 2 heterocycles. The second-order valence-corrected chi connectivity index (χ2v) is 3.94. The Bertz CT molecular complexity index is 495. The molecule has 2 rings (SSSR count). The van der Waals surface area contributed by atoms with Crippen molar-refractivity contribution in [2.75, 3.05) is 7.11 Å². The molecule has 5 heteroatoms. The molecule has 0 radical (unpaired) electrons. The number of methoxy groups -OCH3 is 1. The van der Waals surface area contributed by atoms with E-state index in [4.69, 9.17) is 4.74 Å². The van der Waals surface area contributed by atoms with Crippen LogP contribution < -0.4 is 10.1 Å². The van der Waals surface area contributed by atoms with Gasteiger partial charge < -0.3 is 14.6 Å². The molecule has 96 valence electrons. The van der Waals surface area contributed by atoms with E-state index in [0.717, 1.165) is 31.0 Å². The van der Waals surface area contributed by atoms with Crippen molar-refractivity contribution in [3.8, 4) is 5.88 Å². The number of nitrogens with zero attached hydrogens (tertiary/aromatic N) is 3. The number of aromatic nitrogens is 3. The van der Waals surface area contributed by atoms with Crippen molar-refractivity contribution in [2.45, 2.75) is 26.6 Å². The third kappa shape index (κ3) is 3.07. The number of ether oxygens (including phenoxy) is 1. The highest BCUT2D eigenvalue weighted by molar-refractivity contribution is 5.20. The van der Waals surface area contributed by atoms with Crippen LogP contribution in [-0.2, 0) is 19.6 Å². The van der Waals surface area contributed by atoms with E-state index >= 15 is 0 Å². The SMILES string of the molecule is CCn1ccnc1CNCc1ccnc(OC)c1. The molecule has 0 aromatic carbocycles. The maximum atomic E-state index is 5.09. The Morgan fingerprint density at radius 1 is 1.28 bits per heavy atom. The zero-order valence-corrected chi connectivity index (χ0v) is 10.8. The first-order valence-electron chi connectivity index (χ1n) is 6.03. The molecule has 2 aromatic heterocycles. The fraction of sp³-hybridized carbons (Fsp3) is 0.385.